The number of nitrogens with one attached hydrogen (secondary N) is 2. The fraction of sp³-hybridized carbons (Fsp3) is 0. The van der Waals surface area contributed by atoms with Crippen molar-refractivity contribution in [3.8, 4) is 22.3 Å². The van der Waals surface area contributed by atoms with E-state index in [-0.39, 0.29) is 0 Å². The molecule has 0 saturated carbocycles. The Morgan fingerprint density at radius 1 is 0.500 bits per heavy atom. The van der Waals surface area contributed by atoms with Gasteiger partial charge in [-0.05, 0) is 129 Å². The summed E-state index contributed by atoms with van der Waals surface area (Å²) in [5.41, 5.74) is 12.2. The highest BCUT2D eigenvalue weighted by molar-refractivity contribution is 14.1. The van der Waals surface area contributed by atoms with E-state index in [9.17, 15) is 0 Å². The Morgan fingerprint density at radius 2 is 0.974 bits per heavy atom. The van der Waals surface area contributed by atoms with Gasteiger partial charge in [-0.15, -0.1) is 0 Å². The van der Waals surface area contributed by atoms with Crippen molar-refractivity contribution in [1.82, 2.24) is 19.9 Å². The second-order valence-corrected chi connectivity index (χ2v) is 11.5. The number of halogens is 2. The number of aromatic amines is 2. The molecule has 8 bridgehead atoms. The SMILES string of the molecule is Ic1ccccc1-c1c2nc(cc3ccc([nH]3)c(-c3ccccc3I)c3ccc(cc4nc1C=C4)[nH]3)C=C2. The maximum absolute atomic E-state index is 5.03. The fourth-order valence-electron chi connectivity index (χ4n) is 4.97. The van der Waals surface area contributed by atoms with Crippen molar-refractivity contribution in [2.75, 3.05) is 0 Å². The van der Waals surface area contributed by atoms with E-state index in [2.05, 4.69) is 164 Å². The monoisotopic (exact) mass is 714 g/mol. The second kappa shape index (κ2) is 9.67. The van der Waals surface area contributed by atoms with Crippen molar-refractivity contribution in [2.24, 2.45) is 0 Å². The second-order valence-electron chi connectivity index (χ2n) is 9.16. The lowest BCUT2D eigenvalue weighted by atomic mass is 10.0. The quantitative estimate of drug-likeness (QED) is 0.176. The van der Waals surface area contributed by atoms with Crippen molar-refractivity contribution in [3.63, 3.8) is 0 Å². The van der Waals surface area contributed by atoms with Crippen molar-refractivity contribution in [2.45, 2.75) is 0 Å². The topological polar surface area (TPSA) is 57.4 Å². The van der Waals surface area contributed by atoms with Crippen LogP contribution in [-0.2, 0) is 0 Å². The van der Waals surface area contributed by atoms with Crippen molar-refractivity contribution < 1.29 is 0 Å². The molecular weight excluding hydrogens is 694 g/mol. The van der Waals surface area contributed by atoms with Gasteiger partial charge in [-0.25, -0.2) is 9.97 Å². The zero-order chi connectivity index (χ0) is 25.6. The Labute approximate surface area is 246 Å². The van der Waals surface area contributed by atoms with E-state index in [0.717, 1.165) is 65.1 Å². The number of benzene rings is 2. The molecule has 2 N–H and O–H groups in total. The van der Waals surface area contributed by atoms with Gasteiger partial charge in [0.2, 0.25) is 0 Å². The highest BCUT2D eigenvalue weighted by atomic mass is 127. The number of hydrogen-bond donors (Lipinski definition) is 2. The van der Waals surface area contributed by atoms with E-state index >= 15 is 0 Å². The third kappa shape index (κ3) is 4.31. The maximum atomic E-state index is 5.03. The van der Waals surface area contributed by atoms with Crippen LogP contribution in [0.15, 0.2) is 84.9 Å². The van der Waals surface area contributed by atoms with Crippen LogP contribution >= 0.6 is 45.2 Å². The molecule has 0 unspecified atom stereocenters. The molecule has 38 heavy (non-hydrogen) atoms. The summed E-state index contributed by atoms with van der Waals surface area (Å²) in [5.74, 6) is 0. The summed E-state index contributed by atoms with van der Waals surface area (Å²) in [5, 5.41) is 0. The molecule has 0 aliphatic carbocycles. The predicted molar refractivity (Wildman–Crippen MR) is 175 cm³/mol. The molecule has 3 aromatic heterocycles. The largest absolute Gasteiger partial charge is 0.355 e. The third-order valence-corrected chi connectivity index (χ3v) is 8.57. The molecule has 5 heterocycles. The predicted octanol–water partition coefficient (Wildman–Crippen LogP) is 9.20. The minimum absolute atomic E-state index is 0.903. The van der Waals surface area contributed by atoms with E-state index in [1.807, 2.05) is 0 Å². The minimum Gasteiger partial charge on any atom is -0.355 e. The normalized spacial score (nSPS) is 12.3. The van der Waals surface area contributed by atoms with Crippen LogP contribution in [-0.4, -0.2) is 19.9 Å². The molecular formula is C32H20I2N4. The molecule has 7 rings (SSSR count). The zero-order valence-corrected chi connectivity index (χ0v) is 24.4. The van der Waals surface area contributed by atoms with Gasteiger partial charge in [0, 0.05) is 40.3 Å². The van der Waals surface area contributed by atoms with Crippen molar-refractivity contribution in [1.29, 1.82) is 0 Å². The molecule has 2 aliphatic heterocycles. The number of hydrogen-bond acceptors (Lipinski definition) is 2. The van der Waals surface area contributed by atoms with Gasteiger partial charge in [0.25, 0.3) is 0 Å². The number of nitrogens with zero attached hydrogens (tertiary/aromatic N) is 2. The minimum atomic E-state index is 0.903. The zero-order valence-electron chi connectivity index (χ0n) is 20.0. The standard InChI is InChI=1S/C32H20I2N4/c33-25-7-3-1-5-23(25)31-27-13-9-19(35-27)17-21-11-15-29(37-21)32(24-6-2-4-8-26(24)34)30-16-12-22(38-30)18-20-10-14-28(31)36-20/h1-18,35-36H. The average molecular weight is 714 g/mol. The van der Waals surface area contributed by atoms with Crippen LogP contribution < -0.4 is 0 Å². The van der Waals surface area contributed by atoms with Gasteiger partial charge in [-0.3, -0.25) is 0 Å². The van der Waals surface area contributed by atoms with Gasteiger partial charge in [0.1, 0.15) is 0 Å². The molecule has 0 atom stereocenters. The molecule has 0 spiro atoms. The summed E-state index contributed by atoms with van der Waals surface area (Å²) in [4.78, 5) is 17.3. The van der Waals surface area contributed by atoms with Crippen molar-refractivity contribution in [3.05, 3.63) is 115 Å². The number of rotatable bonds is 2. The smallest absolute Gasteiger partial charge is 0.0738 e. The Morgan fingerprint density at radius 3 is 1.47 bits per heavy atom. The molecule has 6 heteroatoms. The van der Waals surface area contributed by atoms with Gasteiger partial charge in [0.05, 0.1) is 22.8 Å². The van der Waals surface area contributed by atoms with Crippen LogP contribution in [0.2, 0.25) is 0 Å². The van der Waals surface area contributed by atoms with Crippen LogP contribution in [0.5, 0.6) is 0 Å². The molecule has 182 valence electrons. The van der Waals surface area contributed by atoms with Gasteiger partial charge in [-0.1, -0.05) is 36.4 Å². The first kappa shape index (κ1) is 23.6. The number of H-pyrrole nitrogens is 2. The highest BCUT2D eigenvalue weighted by Gasteiger charge is 2.16. The van der Waals surface area contributed by atoms with Crippen LogP contribution in [0.1, 0.15) is 22.8 Å². The first-order valence-corrected chi connectivity index (χ1v) is 14.4. The summed E-state index contributed by atoms with van der Waals surface area (Å²) in [6.07, 6.45) is 8.32. The molecule has 5 aromatic rings. The Kier molecular flexibility index (Phi) is 6.01. The van der Waals surface area contributed by atoms with Crippen LogP contribution in [0.3, 0.4) is 0 Å². The van der Waals surface area contributed by atoms with Gasteiger partial charge in [-0.2, -0.15) is 0 Å². The van der Waals surface area contributed by atoms with E-state index in [1.165, 1.54) is 9.13 Å². The maximum Gasteiger partial charge on any atom is 0.0738 e. The fourth-order valence-corrected chi connectivity index (χ4v) is 6.28. The Hall–Kier alpha value is -3.50. The first-order chi connectivity index (χ1) is 18.6. The third-order valence-electron chi connectivity index (χ3n) is 6.68. The summed E-state index contributed by atoms with van der Waals surface area (Å²) in [6, 6.07) is 29.6. The van der Waals surface area contributed by atoms with E-state index in [4.69, 9.17) is 9.97 Å². The molecule has 2 aromatic carbocycles. The van der Waals surface area contributed by atoms with Crippen LogP contribution in [0.4, 0.5) is 0 Å². The summed E-state index contributed by atoms with van der Waals surface area (Å²) in [7, 11) is 0. The van der Waals surface area contributed by atoms with Gasteiger partial charge >= 0.3 is 0 Å². The van der Waals surface area contributed by atoms with Crippen molar-refractivity contribution >= 4 is 91.6 Å². The lowest BCUT2D eigenvalue weighted by Gasteiger charge is -2.07. The van der Waals surface area contributed by atoms with Gasteiger partial charge < -0.3 is 9.97 Å². The molecule has 0 fully saturated rings. The summed E-state index contributed by atoms with van der Waals surface area (Å²) >= 11 is 4.80. The van der Waals surface area contributed by atoms with Gasteiger partial charge in [0.15, 0.2) is 0 Å². The molecule has 0 saturated heterocycles. The highest BCUT2D eigenvalue weighted by Crippen LogP contribution is 2.35. The molecule has 0 amide bonds. The van der Waals surface area contributed by atoms with E-state index in [1.54, 1.807) is 0 Å². The summed E-state index contributed by atoms with van der Waals surface area (Å²) in [6.45, 7) is 0. The van der Waals surface area contributed by atoms with E-state index in [0.29, 0.717) is 0 Å². The molecule has 2 aliphatic rings. The number of aromatic nitrogens is 4. The Balaban J connectivity index is 1.59. The average Bonchev–Trinajstić information content (AvgIpc) is 3.72. The van der Waals surface area contributed by atoms with Crippen LogP contribution in [0, 0.1) is 7.14 Å². The number of fused-ring (bicyclic) bond motifs is 8. The lowest BCUT2D eigenvalue weighted by molar-refractivity contribution is 1.27. The Bertz CT molecular complexity index is 1870. The first-order valence-electron chi connectivity index (χ1n) is 12.2. The summed E-state index contributed by atoms with van der Waals surface area (Å²) < 4.78 is 2.36. The molecule has 4 nitrogen and oxygen atoms in total. The lowest BCUT2D eigenvalue weighted by Crippen LogP contribution is -1.91. The van der Waals surface area contributed by atoms with E-state index < -0.39 is 0 Å². The van der Waals surface area contributed by atoms with Crippen LogP contribution in [0.25, 0.3) is 68.6 Å². The molecule has 0 radical (unpaired) electrons.